The van der Waals surface area contributed by atoms with Crippen LogP contribution in [0.2, 0.25) is 0 Å². The first-order valence-electron chi connectivity index (χ1n) is 6.55. The molecule has 100 valence electrons. The Morgan fingerprint density at radius 1 is 0.833 bits per heavy atom. The number of carbonyl (C=O) groups is 1. The molecule has 0 aromatic carbocycles. The highest BCUT2D eigenvalue weighted by molar-refractivity contribution is 5.66. The zero-order chi connectivity index (χ0) is 13.5. The van der Waals surface area contributed by atoms with Crippen molar-refractivity contribution in [1.29, 1.82) is 0 Å². The van der Waals surface area contributed by atoms with E-state index in [0.29, 0.717) is 6.42 Å². The number of hydrogen-bond donors (Lipinski definition) is 1. The third kappa shape index (κ3) is 14.4. The molecule has 0 spiro atoms. The molecule has 0 aliphatic carbocycles. The molecule has 0 heterocycles. The summed E-state index contributed by atoms with van der Waals surface area (Å²) < 4.78 is 0. The Labute approximate surface area is 110 Å². The fourth-order valence-electron chi connectivity index (χ4n) is 1.33. The Kier molecular flexibility index (Phi) is 12.3. The van der Waals surface area contributed by atoms with E-state index in [1.807, 2.05) is 19.1 Å². The molecular weight excluding hydrogens is 224 g/mol. The second-order valence-corrected chi connectivity index (χ2v) is 3.96. The van der Waals surface area contributed by atoms with Crippen molar-refractivity contribution in [3.05, 3.63) is 48.6 Å². The summed E-state index contributed by atoms with van der Waals surface area (Å²) in [5.74, 6) is -0.736. The first-order chi connectivity index (χ1) is 8.77. The summed E-state index contributed by atoms with van der Waals surface area (Å²) in [5.41, 5.74) is 0. The lowest BCUT2D eigenvalue weighted by atomic mass is 10.2. The van der Waals surface area contributed by atoms with Gasteiger partial charge < -0.3 is 5.11 Å². The lowest BCUT2D eigenvalue weighted by Crippen LogP contribution is -1.91. The molecule has 0 amide bonds. The smallest absolute Gasteiger partial charge is 0.303 e. The van der Waals surface area contributed by atoms with Crippen LogP contribution in [0.3, 0.4) is 0 Å². The standard InChI is InChI=1S/C16H24O2/c1-2-3-4-5-6-7-8-9-10-11-12-13-14-15-16(17)18/h2-3,5-6,9-10,12-13H,4,7-8,11,14-15H2,1H3,(H,17,18). The molecule has 0 radical (unpaired) electrons. The monoisotopic (exact) mass is 248 g/mol. The second-order valence-electron chi connectivity index (χ2n) is 3.96. The molecule has 18 heavy (non-hydrogen) atoms. The van der Waals surface area contributed by atoms with Gasteiger partial charge in [-0.2, -0.15) is 0 Å². The number of unbranched alkanes of at least 4 members (excludes halogenated alkanes) is 1. The van der Waals surface area contributed by atoms with Gasteiger partial charge in [0.25, 0.3) is 0 Å². The third-order valence-corrected chi connectivity index (χ3v) is 2.30. The Hall–Kier alpha value is -1.57. The summed E-state index contributed by atoms with van der Waals surface area (Å²) in [6.45, 7) is 2.03. The molecule has 0 aromatic rings. The fourth-order valence-corrected chi connectivity index (χ4v) is 1.33. The summed E-state index contributed by atoms with van der Waals surface area (Å²) in [4.78, 5) is 10.2. The Morgan fingerprint density at radius 3 is 1.83 bits per heavy atom. The van der Waals surface area contributed by atoms with Crippen LogP contribution in [0, 0.1) is 0 Å². The van der Waals surface area contributed by atoms with Crippen molar-refractivity contribution < 1.29 is 9.90 Å². The van der Waals surface area contributed by atoms with E-state index in [1.165, 1.54) is 0 Å². The topological polar surface area (TPSA) is 37.3 Å². The first kappa shape index (κ1) is 16.4. The number of carboxylic acids is 1. The van der Waals surface area contributed by atoms with Gasteiger partial charge in [0.05, 0.1) is 0 Å². The van der Waals surface area contributed by atoms with Crippen LogP contribution in [-0.2, 0) is 4.79 Å². The minimum Gasteiger partial charge on any atom is -0.481 e. The molecule has 0 aliphatic rings. The Bertz CT molecular complexity index is 309. The van der Waals surface area contributed by atoms with Gasteiger partial charge in [-0.15, -0.1) is 0 Å². The van der Waals surface area contributed by atoms with E-state index in [2.05, 4.69) is 36.5 Å². The average Bonchev–Trinajstić information content (AvgIpc) is 2.34. The zero-order valence-electron chi connectivity index (χ0n) is 11.2. The van der Waals surface area contributed by atoms with Gasteiger partial charge in [-0.25, -0.2) is 0 Å². The second kappa shape index (κ2) is 13.5. The van der Waals surface area contributed by atoms with Gasteiger partial charge >= 0.3 is 5.97 Å². The molecule has 0 fully saturated rings. The molecule has 0 unspecified atom stereocenters. The van der Waals surface area contributed by atoms with Gasteiger partial charge in [0.1, 0.15) is 0 Å². The van der Waals surface area contributed by atoms with Crippen LogP contribution >= 0.6 is 0 Å². The van der Waals surface area contributed by atoms with Gasteiger partial charge in [0.2, 0.25) is 0 Å². The average molecular weight is 248 g/mol. The summed E-state index contributed by atoms with van der Waals surface area (Å²) >= 11 is 0. The van der Waals surface area contributed by atoms with Crippen LogP contribution in [-0.4, -0.2) is 11.1 Å². The number of hydrogen-bond acceptors (Lipinski definition) is 1. The highest BCUT2D eigenvalue weighted by atomic mass is 16.4. The highest BCUT2D eigenvalue weighted by Crippen LogP contribution is 1.98. The maximum absolute atomic E-state index is 10.2. The largest absolute Gasteiger partial charge is 0.481 e. The molecule has 0 rings (SSSR count). The van der Waals surface area contributed by atoms with Crippen molar-refractivity contribution in [2.45, 2.75) is 45.4 Å². The third-order valence-electron chi connectivity index (χ3n) is 2.30. The van der Waals surface area contributed by atoms with Crippen molar-refractivity contribution in [3.63, 3.8) is 0 Å². The lowest BCUT2D eigenvalue weighted by Gasteiger charge is -1.88. The molecule has 2 nitrogen and oxygen atoms in total. The molecule has 2 heteroatoms. The van der Waals surface area contributed by atoms with Crippen molar-refractivity contribution in [2.24, 2.45) is 0 Å². The maximum Gasteiger partial charge on any atom is 0.303 e. The molecule has 0 aliphatic heterocycles. The van der Waals surface area contributed by atoms with Gasteiger partial charge in [-0.3, -0.25) is 4.79 Å². The quantitative estimate of drug-likeness (QED) is 0.451. The van der Waals surface area contributed by atoms with E-state index in [-0.39, 0.29) is 6.42 Å². The van der Waals surface area contributed by atoms with E-state index < -0.39 is 5.97 Å². The normalized spacial score (nSPS) is 12.5. The van der Waals surface area contributed by atoms with Gasteiger partial charge in [0, 0.05) is 6.42 Å². The van der Waals surface area contributed by atoms with Crippen LogP contribution in [0.15, 0.2) is 48.6 Å². The van der Waals surface area contributed by atoms with Crippen LogP contribution in [0.4, 0.5) is 0 Å². The van der Waals surface area contributed by atoms with Crippen LogP contribution in [0.5, 0.6) is 0 Å². The number of allylic oxidation sites excluding steroid dienone is 8. The summed E-state index contributed by atoms with van der Waals surface area (Å²) in [5, 5.41) is 8.43. The fraction of sp³-hybridized carbons (Fsp3) is 0.438. The van der Waals surface area contributed by atoms with Crippen molar-refractivity contribution in [1.82, 2.24) is 0 Å². The van der Waals surface area contributed by atoms with Gasteiger partial charge in [0.15, 0.2) is 0 Å². The SMILES string of the molecule is CC=CCC=CCCC=CCC=CCCC(=O)O. The number of rotatable bonds is 10. The number of aliphatic carboxylic acids is 1. The molecule has 0 saturated carbocycles. The Morgan fingerprint density at radius 2 is 1.33 bits per heavy atom. The van der Waals surface area contributed by atoms with E-state index in [4.69, 9.17) is 5.11 Å². The molecule has 0 bridgehead atoms. The summed E-state index contributed by atoms with van der Waals surface area (Å²) in [6.07, 6.45) is 21.7. The minimum absolute atomic E-state index is 0.219. The van der Waals surface area contributed by atoms with Crippen LogP contribution in [0.25, 0.3) is 0 Å². The lowest BCUT2D eigenvalue weighted by molar-refractivity contribution is -0.136. The summed E-state index contributed by atoms with van der Waals surface area (Å²) in [7, 11) is 0. The molecular formula is C16H24O2. The molecule has 0 saturated heterocycles. The van der Waals surface area contributed by atoms with Gasteiger partial charge in [-0.05, 0) is 39.0 Å². The van der Waals surface area contributed by atoms with E-state index in [1.54, 1.807) is 0 Å². The first-order valence-corrected chi connectivity index (χ1v) is 6.55. The molecule has 0 aromatic heterocycles. The molecule has 1 N–H and O–H groups in total. The van der Waals surface area contributed by atoms with E-state index in [0.717, 1.165) is 25.7 Å². The van der Waals surface area contributed by atoms with E-state index in [9.17, 15) is 4.79 Å². The number of carboxylic acid groups (broad SMARTS) is 1. The predicted molar refractivity (Wildman–Crippen MR) is 77.6 cm³/mol. The molecule has 0 atom stereocenters. The van der Waals surface area contributed by atoms with Crippen molar-refractivity contribution >= 4 is 5.97 Å². The zero-order valence-corrected chi connectivity index (χ0v) is 11.2. The van der Waals surface area contributed by atoms with Crippen LogP contribution in [0.1, 0.15) is 45.4 Å². The van der Waals surface area contributed by atoms with Crippen molar-refractivity contribution in [2.75, 3.05) is 0 Å². The van der Waals surface area contributed by atoms with Gasteiger partial charge in [-0.1, -0.05) is 48.6 Å². The van der Waals surface area contributed by atoms with Crippen LogP contribution < -0.4 is 0 Å². The maximum atomic E-state index is 10.2. The Balaban J connectivity index is 3.38. The van der Waals surface area contributed by atoms with Crippen molar-refractivity contribution in [3.8, 4) is 0 Å². The predicted octanol–water partition coefficient (Wildman–Crippen LogP) is 4.66. The highest BCUT2D eigenvalue weighted by Gasteiger charge is 1.90. The minimum atomic E-state index is -0.736. The summed E-state index contributed by atoms with van der Waals surface area (Å²) in [6, 6.07) is 0. The van der Waals surface area contributed by atoms with E-state index >= 15 is 0 Å².